The molecule has 0 bridgehead atoms. The van der Waals surface area contributed by atoms with Crippen LogP contribution in [0.5, 0.6) is 0 Å². The molecule has 106 valence electrons. The minimum Gasteiger partial charge on any atom is -0.303 e. The van der Waals surface area contributed by atoms with Crippen molar-refractivity contribution in [2.45, 2.75) is 32.4 Å². The first-order valence-electron chi connectivity index (χ1n) is 6.87. The van der Waals surface area contributed by atoms with E-state index in [-0.39, 0.29) is 6.04 Å². The lowest BCUT2D eigenvalue weighted by molar-refractivity contribution is 0.456. The third kappa shape index (κ3) is 3.85. The molecule has 2 aromatic carbocycles. The highest BCUT2D eigenvalue weighted by Crippen LogP contribution is 2.27. The molecule has 2 aromatic rings. The molecule has 20 heavy (non-hydrogen) atoms. The maximum atomic E-state index is 6.27. The van der Waals surface area contributed by atoms with Gasteiger partial charge in [0.2, 0.25) is 0 Å². The molecule has 0 aromatic heterocycles. The van der Waals surface area contributed by atoms with E-state index in [4.69, 9.17) is 11.6 Å². The highest BCUT2D eigenvalue weighted by atomic mass is 79.9. The van der Waals surface area contributed by atoms with Gasteiger partial charge < -0.3 is 5.32 Å². The van der Waals surface area contributed by atoms with Crippen molar-refractivity contribution in [3.05, 3.63) is 69.2 Å². The molecule has 2 atom stereocenters. The zero-order chi connectivity index (χ0) is 14.5. The predicted molar refractivity (Wildman–Crippen MR) is 90.2 cm³/mol. The van der Waals surface area contributed by atoms with Crippen LogP contribution in [0.3, 0.4) is 0 Å². The van der Waals surface area contributed by atoms with Gasteiger partial charge in [0.15, 0.2) is 0 Å². The summed E-state index contributed by atoms with van der Waals surface area (Å²) < 4.78 is 1.11. The number of hydrogen-bond acceptors (Lipinski definition) is 1. The highest BCUT2D eigenvalue weighted by molar-refractivity contribution is 9.10. The molecule has 0 fully saturated rings. The van der Waals surface area contributed by atoms with E-state index in [0.717, 1.165) is 21.5 Å². The fraction of sp³-hybridized carbons (Fsp3) is 0.294. The molecule has 0 saturated carbocycles. The van der Waals surface area contributed by atoms with Crippen LogP contribution in [0.2, 0.25) is 5.02 Å². The normalized spacial score (nSPS) is 14.0. The van der Waals surface area contributed by atoms with Gasteiger partial charge in [0, 0.05) is 21.6 Å². The Hall–Kier alpha value is -0.830. The number of halogens is 2. The van der Waals surface area contributed by atoms with E-state index >= 15 is 0 Å². The van der Waals surface area contributed by atoms with Gasteiger partial charge in [0.25, 0.3) is 0 Å². The van der Waals surface area contributed by atoms with Crippen molar-refractivity contribution in [1.82, 2.24) is 5.32 Å². The molecule has 0 saturated heterocycles. The summed E-state index contributed by atoms with van der Waals surface area (Å²) in [6.45, 7) is 4.35. The lowest BCUT2D eigenvalue weighted by atomic mass is 10.0. The first kappa shape index (κ1) is 15.6. The smallest absolute Gasteiger partial charge is 0.0453 e. The van der Waals surface area contributed by atoms with Crippen LogP contribution in [0.4, 0.5) is 0 Å². The summed E-state index contributed by atoms with van der Waals surface area (Å²) in [6, 6.07) is 17.0. The molecule has 0 amide bonds. The molecule has 0 spiro atoms. The molecular weight excluding hydrogens is 334 g/mol. The van der Waals surface area contributed by atoms with Crippen molar-refractivity contribution in [2.24, 2.45) is 0 Å². The standard InChI is InChI=1S/C17H19BrClN/c1-3-17(13-7-6-8-14(18)11-13)20-12(2)15-9-4-5-10-16(15)19/h4-12,17,20H,3H2,1-2H3. The van der Waals surface area contributed by atoms with E-state index in [9.17, 15) is 0 Å². The Labute approximate surface area is 134 Å². The van der Waals surface area contributed by atoms with Gasteiger partial charge in [-0.1, -0.05) is 64.8 Å². The number of hydrogen-bond donors (Lipinski definition) is 1. The second-order valence-electron chi connectivity index (χ2n) is 4.93. The van der Waals surface area contributed by atoms with E-state index in [0.29, 0.717) is 6.04 Å². The van der Waals surface area contributed by atoms with Crippen LogP contribution in [0.15, 0.2) is 53.0 Å². The lowest BCUT2D eigenvalue weighted by Gasteiger charge is -2.24. The molecular formula is C17H19BrClN. The zero-order valence-electron chi connectivity index (χ0n) is 11.7. The molecule has 0 aliphatic heterocycles. The van der Waals surface area contributed by atoms with E-state index < -0.39 is 0 Å². The van der Waals surface area contributed by atoms with Gasteiger partial charge in [-0.25, -0.2) is 0 Å². The quantitative estimate of drug-likeness (QED) is 0.706. The first-order valence-corrected chi connectivity index (χ1v) is 8.05. The van der Waals surface area contributed by atoms with Gasteiger partial charge in [-0.2, -0.15) is 0 Å². The van der Waals surface area contributed by atoms with Crippen molar-refractivity contribution < 1.29 is 0 Å². The fourth-order valence-corrected chi connectivity index (χ4v) is 3.11. The van der Waals surface area contributed by atoms with E-state index in [2.05, 4.69) is 59.4 Å². The van der Waals surface area contributed by atoms with Gasteiger partial charge in [0.05, 0.1) is 0 Å². The van der Waals surface area contributed by atoms with Crippen molar-refractivity contribution in [3.63, 3.8) is 0 Å². The summed E-state index contributed by atoms with van der Waals surface area (Å²) in [6.07, 6.45) is 1.03. The highest BCUT2D eigenvalue weighted by Gasteiger charge is 2.15. The average molecular weight is 353 g/mol. The SMILES string of the molecule is CCC(NC(C)c1ccccc1Cl)c1cccc(Br)c1. The number of rotatable bonds is 5. The molecule has 1 N–H and O–H groups in total. The second-order valence-corrected chi connectivity index (χ2v) is 6.25. The van der Waals surface area contributed by atoms with Crippen molar-refractivity contribution in [3.8, 4) is 0 Å². The van der Waals surface area contributed by atoms with Crippen molar-refractivity contribution in [1.29, 1.82) is 0 Å². The topological polar surface area (TPSA) is 12.0 Å². The predicted octanol–water partition coefficient (Wildman–Crippen LogP) is 5.90. The van der Waals surface area contributed by atoms with Gasteiger partial charge in [0.1, 0.15) is 0 Å². The molecule has 2 rings (SSSR count). The second kappa shape index (κ2) is 7.26. The van der Waals surface area contributed by atoms with Crippen LogP contribution in [0.25, 0.3) is 0 Å². The minimum atomic E-state index is 0.215. The van der Waals surface area contributed by atoms with Crippen molar-refractivity contribution >= 4 is 27.5 Å². The van der Waals surface area contributed by atoms with Crippen LogP contribution < -0.4 is 5.32 Å². The fourth-order valence-electron chi connectivity index (χ4n) is 2.39. The van der Waals surface area contributed by atoms with Crippen LogP contribution >= 0.6 is 27.5 Å². The Balaban J connectivity index is 2.16. The van der Waals surface area contributed by atoms with Gasteiger partial charge in [-0.05, 0) is 42.7 Å². The monoisotopic (exact) mass is 351 g/mol. The summed E-state index contributed by atoms with van der Waals surface area (Å²) in [7, 11) is 0. The maximum absolute atomic E-state index is 6.27. The maximum Gasteiger partial charge on any atom is 0.0453 e. The molecule has 3 heteroatoms. The Bertz CT molecular complexity index is 570. The summed E-state index contributed by atoms with van der Waals surface area (Å²) in [5.41, 5.74) is 2.43. The van der Waals surface area contributed by atoms with Crippen LogP contribution in [-0.4, -0.2) is 0 Å². The molecule has 0 radical (unpaired) electrons. The molecule has 1 nitrogen and oxygen atoms in total. The third-order valence-electron chi connectivity index (χ3n) is 3.48. The molecule has 2 unspecified atom stereocenters. The van der Waals surface area contributed by atoms with Crippen LogP contribution in [-0.2, 0) is 0 Å². The lowest BCUT2D eigenvalue weighted by Crippen LogP contribution is -2.24. The van der Waals surface area contributed by atoms with Crippen LogP contribution in [0, 0.1) is 0 Å². The number of benzene rings is 2. The summed E-state index contributed by atoms with van der Waals surface area (Å²) in [5.74, 6) is 0. The van der Waals surface area contributed by atoms with Gasteiger partial charge in [-0.3, -0.25) is 0 Å². The van der Waals surface area contributed by atoms with Crippen LogP contribution in [0.1, 0.15) is 43.5 Å². The third-order valence-corrected chi connectivity index (χ3v) is 4.32. The summed E-state index contributed by atoms with van der Waals surface area (Å²) in [5, 5.41) is 4.48. The Morgan fingerprint density at radius 1 is 1.15 bits per heavy atom. The Morgan fingerprint density at radius 3 is 2.55 bits per heavy atom. The Kier molecular flexibility index (Phi) is 5.64. The zero-order valence-corrected chi connectivity index (χ0v) is 14.1. The first-order chi connectivity index (χ1) is 9.61. The molecule has 0 aliphatic rings. The Morgan fingerprint density at radius 2 is 1.90 bits per heavy atom. The van der Waals surface area contributed by atoms with Crippen molar-refractivity contribution in [2.75, 3.05) is 0 Å². The minimum absolute atomic E-state index is 0.215. The van der Waals surface area contributed by atoms with Gasteiger partial charge in [-0.15, -0.1) is 0 Å². The average Bonchev–Trinajstić information content (AvgIpc) is 2.45. The van der Waals surface area contributed by atoms with E-state index in [1.807, 2.05) is 24.3 Å². The molecule has 0 heterocycles. The van der Waals surface area contributed by atoms with E-state index in [1.165, 1.54) is 5.56 Å². The largest absolute Gasteiger partial charge is 0.303 e. The molecule has 0 aliphatic carbocycles. The van der Waals surface area contributed by atoms with Gasteiger partial charge >= 0.3 is 0 Å². The number of nitrogens with one attached hydrogen (secondary N) is 1. The summed E-state index contributed by atoms with van der Waals surface area (Å²) >= 11 is 9.80. The summed E-state index contributed by atoms with van der Waals surface area (Å²) in [4.78, 5) is 0. The van der Waals surface area contributed by atoms with E-state index in [1.54, 1.807) is 0 Å².